The van der Waals surface area contributed by atoms with E-state index < -0.39 is 27.7 Å². The van der Waals surface area contributed by atoms with Gasteiger partial charge in [-0.1, -0.05) is 23.2 Å². The molecule has 0 aliphatic rings. The highest BCUT2D eigenvalue weighted by molar-refractivity contribution is 7.90. The van der Waals surface area contributed by atoms with Crippen LogP contribution in [0.5, 0.6) is 0 Å². The van der Waals surface area contributed by atoms with Gasteiger partial charge >= 0.3 is 5.97 Å². The van der Waals surface area contributed by atoms with Crippen LogP contribution in [0, 0.1) is 0 Å². The average molecular weight is 401 g/mol. The lowest BCUT2D eigenvalue weighted by molar-refractivity contribution is 0.0318. The van der Waals surface area contributed by atoms with E-state index in [1.807, 2.05) is 0 Å². The van der Waals surface area contributed by atoms with E-state index in [2.05, 4.69) is 0 Å². The number of rotatable bonds is 5. The molecule has 0 amide bonds. The summed E-state index contributed by atoms with van der Waals surface area (Å²) in [4.78, 5) is 24.3. The van der Waals surface area contributed by atoms with Gasteiger partial charge in [-0.3, -0.25) is 4.79 Å². The minimum absolute atomic E-state index is 0.00402. The lowest BCUT2D eigenvalue weighted by Gasteiger charge is -2.13. The van der Waals surface area contributed by atoms with Crippen LogP contribution >= 0.6 is 23.2 Å². The first-order chi connectivity index (χ1) is 11.6. The van der Waals surface area contributed by atoms with Crippen molar-refractivity contribution in [1.82, 2.24) is 0 Å². The van der Waals surface area contributed by atoms with Gasteiger partial charge in [-0.15, -0.1) is 0 Å². The van der Waals surface area contributed by atoms with Crippen LogP contribution in [0.15, 0.2) is 47.4 Å². The first-order valence-electron chi connectivity index (χ1n) is 7.10. The van der Waals surface area contributed by atoms with E-state index in [9.17, 15) is 18.0 Å². The van der Waals surface area contributed by atoms with Crippen molar-refractivity contribution < 1.29 is 22.7 Å². The lowest BCUT2D eigenvalue weighted by Crippen LogP contribution is -2.24. The highest BCUT2D eigenvalue weighted by Crippen LogP contribution is 2.23. The van der Waals surface area contributed by atoms with Crippen LogP contribution in [0.25, 0.3) is 0 Å². The summed E-state index contributed by atoms with van der Waals surface area (Å²) in [7, 11) is -3.60. The second-order valence-electron chi connectivity index (χ2n) is 5.34. The summed E-state index contributed by atoms with van der Waals surface area (Å²) < 4.78 is 28.5. The molecular weight excluding hydrogens is 387 g/mol. The molecule has 0 heterocycles. The fraction of sp³-hybridized carbons (Fsp3) is 0.176. The van der Waals surface area contributed by atoms with Crippen molar-refractivity contribution in [3.8, 4) is 0 Å². The molecule has 1 atom stereocenters. The molecule has 0 aliphatic carbocycles. The molecule has 5 nitrogen and oxygen atoms in total. The molecule has 8 heteroatoms. The van der Waals surface area contributed by atoms with Crippen LogP contribution in [0.4, 0.5) is 0 Å². The number of hydrogen-bond donors (Lipinski definition) is 0. The van der Waals surface area contributed by atoms with E-state index in [0.29, 0.717) is 10.6 Å². The number of carbonyl (C=O) groups excluding carboxylic acids is 2. The highest BCUT2D eigenvalue weighted by atomic mass is 35.5. The Morgan fingerprint density at radius 3 is 2.12 bits per heavy atom. The second-order valence-corrected chi connectivity index (χ2v) is 8.16. The Balaban J connectivity index is 2.19. The highest BCUT2D eigenvalue weighted by Gasteiger charge is 2.22. The number of esters is 1. The molecule has 0 saturated carbocycles. The first-order valence-corrected chi connectivity index (χ1v) is 9.74. The minimum Gasteiger partial charge on any atom is -0.451 e. The van der Waals surface area contributed by atoms with E-state index in [1.54, 1.807) is 12.1 Å². The smallest absolute Gasteiger partial charge is 0.338 e. The van der Waals surface area contributed by atoms with Gasteiger partial charge in [0.2, 0.25) is 5.78 Å². The van der Waals surface area contributed by atoms with Gasteiger partial charge in [0.25, 0.3) is 0 Å². The maximum Gasteiger partial charge on any atom is 0.338 e. The van der Waals surface area contributed by atoms with Crippen LogP contribution in [-0.4, -0.2) is 32.5 Å². The lowest BCUT2D eigenvalue weighted by atomic mass is 10.1. The van der Waals surface area contributed by atoms with Gasteiger partial charge in [0.15, 0.2) is 15.9 Å². The molecule has 1 unspecified atom stereocenters. The first kappa shape index (κ1) is 19.4. The van der Waals surface area contributed by atoms with E-state index in [0.717, 1.165) is 12.3 Å². The number of Topliss-reactive ketones (excluding diaryl/α,β-unsaturated/α-hetero) is 1. The second kappa shape index (κ2) is 7.56. The van der Waals surface area contributed by atoms with Gasteiger partial charge in [0, 0.05) is 16.8 Å². The topological polar surface area (TPSA) is 77.5 Å². The molecule has 0 N–H and O–H groups in total. The summed E-state index contributed by atoms with van der Waals surface area (Å²) in [5.41, 5.74) is 0.332. The van der Waals surface area contributed by atoms with Crippen molar-refractivity contribution in [2.75, 3.05) is 6.26 Å². The Bertz CT molecular complexity index is 921. The van der Waals surface area contributed by atoms with Crippen molar-refractivity contribution in [1.29, 1.82) is 0 Å². The molecule has 0 fully saturated rings. The molecule has 0 aromatic heterocycles. The van der Waals surface area contributed by atoms with Crippen LogP contribution in [-0.2, 0) is 14.6 Å². The summed E-state index contributed by atoms with van der Waals surface area (Å²) in [6.45, 7) is 1.43. The SMILES string of the molecule is CC(OC(=O)c1ccc(Cl)c(S(C)(=O)=O)c1)C(=O)c1ccc(Cl)cc1. The third-order valence-corrected chi connectivity index (χ3v) is 5.18. The fourth-order valence-corrected chi connectivity index (χ4v) is 3.47. The monoisotopic (exact) mass is 400 g/mol. The summed E-state index contributed by atoms with van der Waals surface area (Å²) >= 11 is 11.6. The van der Waals surface area contributed by atoms with Crippen LogP contribution in [0.3, 0.4) is 0 Å². The number of benzene rings is 2. The molecule has 0 aliphatic heterocycles. The van der Waals surface area contributed by atoms with Crippen LogP contribution < -0.4 is 0 Å². The average Bonchev–Trinajstić information content (AvgIpc) is 2.54. The summed E-state index contributed by atoms with van der Waals surface area (Å²) in [5.74, 6) is -1.22. The number of halogens is 2. The molecule has 2 aromatic rings. The summed E-state index contributed by atoms with van der Waals surface area (Å²) in [5, 5.41) is 0.486. The van der Waals surface area contributed by atoms with Crippen LogP contribution in [0.1, 0.15) is 27.6 Å². The molecule has 0 spiro atoms. The predicted molar refractivity (Wildman–Crippen MR) is 95.2 cm³/mol. The Kier molecular flexibility index (Phi) is 5.87. The Morgan fingerprint density at radius 1 is 1.00 bits per heavy atom. The Labute approximate surface area is 155 Å². The van der Waals surface area contributed by atoms with Crippen molar-refractivity contribution in [3.63, 3.8) is 0 Å². The number of ketones is 1. The largest absolute Gasteiger partial charge is 0.451 e. The molecule has 25 heavy (non-hydrogen) atoms. The quantitative estimate of drug-likeness (QED) is 0.562. The normalized spacial score (nSPS) is 12.5. The Hall–Kier alpha value is -1.89. The maximum absolute atomic E-state index is 12.3. The fourth-order valence-electron chi connectivity index (χ4n) is 2.05. The molecule has 2 aromatic carbocycles. The van der Waals surface area contributed by atoms with Crippen molar-refractivity contribution in [3.05, 3.63) is 63.6 Å². The summed E-state index contributed by atoms with van der Waals surface area (Å²) in [6, 6.07) is 9.92. The number of carbonyl (C=O) groups is 2. The van der Waals surface area contributed by atoms with Gasteiger partial charge in [0.1, 0.15) is 0 Å². The van der Waals surface area contributed by atoms with Crippen LogP contribution in [0.2, 0.25) is 10.0 Å². The zero-order valence-electron chi connectivity index (χ0n) is 13.3. The zero-order valence-corrected chi connectivity index (χ0v) is 15.7. The molecule has 0 radical (unpaired) electrons. The van der Waals surface area contributed by atoms with Crippen molar-refractivity contribution >= 4 is 44.8 Å². The van der Waals surface area contributed by atoms with Gasteiger partial charge in [-0.05, 0) is 49.4 Å². The van der Waals surface area contributed by atoms with Gasteiger partial charge in [-0.25, -0.2) is 13.2 Å². The standard InChI is InChI=1S/C17H14Cl2O5S/c1-10(16(20)11-3-6-13(18)7-4-11)24-17(21)12-5-8-14(19)15(9-12)25(2,22)23/h3-10H,1-2H3. The zero-order chi connectivity index (χ0) is 18.8. The Morgan fingerprint density at radius 2 is 1.56 bits per heavy atom. The number of ether oxygens (including phenoxy) is 1. The maximum atomic E-state index is 12.3. The van der Waals surface area contributed by atoms with Gasteiger partial charge in [-0.2, -0.15) is 0 Å². The molecular formula is C17H14Cl2O5S. The van der Waals surface area contributed by atoms with E-state index in [-0.39, 0.29) is 15.5 Å². The molecule has 2 rings (SSSR count). The van der Waals surface area contributed by atoms with Crippen molar-refractivity contribution in [2.45, 2.75) is 17.9 Å². The predicted octanol–water partition coefficient (Wildman–Crippen LogP) is 3.83. The van der Waals surface area contributed by atoms with Crippen molar-refractivity contribution in [2.24, 2.45) is 0 Å². The van der Waals surface area contributed by atoms with E-state index in [1.165, 1.54) is 31.2 Å². The van der Waals surface area contributed by atoms with E-state index in [4.69, 9.17) is 27.9 Å². The third-order valence-electron chi connectivity index (χ3n) is 3.35. The minimum atomic E-state index is -3.60. The molecule has 0 bridgehead atoms. The number of hydrogen-bond acceptors (Lipinski definition) is 5. The van der Waals surface area contributed by atoms with Gasteiger partial charge < -0.3 is 4.74 Å². The molecule has 0 saturated heterocycles. The van der Waals surface area contributed by atoms with E-state index >= 15 is 0 Å². The third kappa shape index (κ3) is 4.81. The summed E-state index contributed by atoms with van der Waals surface area (Å²) in [6.07, 6.45) is -0.0678. The molecule has 132 valence electrons. The number of sulfone groups is 1. The van der Waals surface area contributed by atoms with Gasteiger partial charge in [0.05, 0.1) is 15.5 Å².